The first-order valence-electron chi connectivity index (χ1n) is 19.4. The molecule has 0 bridgehead atoms. The highest BCUT2D eigenvalue weighted by Gasteiger charge is 2.55. The smallest absolute Gasteiger partial charge is 0.0165 e. The van der Waals surface area contributed by atoms with Gasteiger partial charge in [-0.25, -0.2) is 0 Å². The minimum atomic E-state index is -0.503. The van der Waals surface area contributed by atoms with Crippen molar-refractivity contribution in [3.8, 4) is 22.3 Å². The van der Waals surface area contributed by atoms with E-state index in [1.54, 1.807) is 22.3 Å². The molecule has 0 spiro atoms. The van der Waals surface area contributed by atoms with Crippen LogP contribution in [0.5, 0.6) is 0 Å². The van der Waals surface area contributed by atoms with Crippen LogP contribution in [0.4, 0.5) is 0 Å². The van der Waals surface area contributed by atoms with Crippen LogP contribution in [0.25, 0.3) is 65.3 Å². The first-order valence-corrected chi connectivity index (χ1v) is 22.6. The Kier molecular flexibility index (Phi) is 7.02. The molecular formula is C51H44P2. The average molecular weight is 719 g/mol. The predicted octanol–water partition coefficient (Wildman–Crippen LogP) is 15.4. The maximum atomic E-state index is 2.66. The lowest BCUT2D eigenvalue weighted by Gasteiger charge is -2.42. The third-order valence-corrected chi connectivity index (χ3v) is 20.7. The van der Waals surface area contributed by atoms with Gasteiger partial charge in [-0.1, -0.05) is 189 Å². The topological polar surface area (TPSA) is 0 Å². The summed E-state index contributed by atoms with van der Waals surface area (Å²) in [5.41, 5.74) is 13.2. The summed E-state index contributed by atoms with van der Waals surface area (Å²) in [6, 6.07) is 56.7. The van der Waals surface area contributed by atoms with Gasteiger partial charge in [0.15, 0.2) is 0 Å². The normalized spacial score (nSPS) is 22.4. The van der Waals surface area contributed by atoms with Gasteiger partial charge in [-0.05, 0) is 117 Å². The maximum absolute atomic E-state index is 2.66. The Bertz CT molecular complexity index is 2610. The predicted molar refractivity (Wildman–Crippen MR) is 233 cm³/mol. The Hall–Kier alpha value is -4.34. The molecule has 11 rings (SSSR count). The molecule has 0 N–H and O–H groups in total. The Morgan fingerprint density at radius 2 is 0.698 bits per heavy atom. The Morgan fingerprint density at radius 3 is 1.08 bits per heavy atom. The molecule has 3 aliphatic heterocycles. The van der Waals surface area contributed by atoms with Gasteiger partial charge in [0, 0.05) is 11.3 Å². The molecule has 8 aromatic carbocycles. The van der Waals surface area contributed by atoms with Crippen LogP contribution in [0.15, 0.2) is 146 Å². The highest BCUT2D eigenvalue weighted by atomic mass is 31.1. The number of benzene rings is 8. The van der Waals surface area contributed by atoms with Gasteiger partial charge in [0.1, 0.15) is 0 Å². The fourth-order valence-electron chi connectivity index (χ4n) is 11.1. The highest BCUT2D eigenvalue weighted by Crippen LogP contribution is 2.83. The molecule has 0 aromatic heterocycles. The summed E-state index contributed by atoms with van der Waals surface area (Å²) < 4.78 is 0. The van der Waals surface area contributed by atoms with Crippen molar-refractivity contribution < 1.29 is 0 Å². The molecule has 3 aliphatic rings. The van der Waals surface area contributed by atoms with Crippen molar-refractivity contribution in [2.75, 3.05) is 0 Å². The Morgan fingerprint density at radius 1 is 0.377 bits per heavy atom. The average Bonchev–Trinajstić information content (AvgIpc) is 3.45. The van der Waals surface area contributed by atoms with Crippen molar-refractivity contribution in [1.29, 1.82) is 0 Å². The van der Waals surface area contributed by atoms with E-state index in [-0.39, 0.29) is 10.3 Å². The van der Waals surface area contributed by atoms with Crippen molar-refractivity contribution >= 4 is 58.9 Å². The minimum Gasteiger partial charge on any atom is -0.0876 e. The van der Waals surface area contributed by atoms with Crippen LogP contribution in [0, 0.1) is 0 Å². The molecule has 53 heavy (non-hydrogen) atoms. The van der Waals surface area contributed by atoms with Crippen molar-refractivity contribution in [3.05, 3.63) is 168 Å². The number of rotatable bonds is 0. The van der Waals surface area contributed by atoms with E-state index in [2.05, 4.69) is 173 Å². The SMILES string of the molecule is CC1(C)CC(C)(C)[P@@]2Cc3ccc4ccccc4c3-c3c(ccc4ccccc34)C2C2c3ccc4ccccc4c3-c3c(ccc4ccccc34)C[P@]21. The molecule has 8 aromatic rings. The second-order valence-corrected chi connectivity index (χ2v) is 23.1. The first kappa shape index (κ1) is 32.1. The minimum absolute atomic E-state index is 0.192. The van der Waals surface area contributed by atoms with Crippen LogP contribution in [0.1, 0.15) is 67.7 Å². The molecular weight excluding hydrogens is 675 g/mol. The van der Waals surface area contributed by atoms with E-state index in [9.17, 15) is 0 Å². The van der Waals surface area contributed by atoms with E-state index in [1.165, 1.54) is 71.8 Å². The van der Waals surface area contributed by atoms with Crippen LogP contribution in [0.3, 0.4) is 0 Å². The molecule has 0 saturated carbocycles. The van der Waals surface area contributed by atoms with Crippen LogP contribution < -0.4 is 0 Å². The molecule has 3 heterocycles. The van der Waals surface area contributed by atoms with Crippen LogP contribution >= 0.6 is 15.8 Å². The van der Waals surface area contributed by atoms with E-state index in [1.807, 2.05) is 0 Å². The van der Waals surface area contributed by atoms with Gasteiger partial charge >= 0.3 is 0 Å². The zero-order valence-corrected chi connectivity index (χ0v) is 32.8. The second kappa shape index (κ2) is 11.6. The van der Waals surface area contributed by atoms with Crippen molar-refractivity contribution in [2.24, 2.45) is 0 Å². The van der Waals surface area contributed by atoms with Gasteiger partial charge in [-0.15, -0.1) is 0 Å². The summed E-state index contributed by atoms with van der Waals surface area (Å²) in [7, 11) is -1.01. The van der Waals surface area contributed by atoms with Gasteiger partial charge in [-0.2, -0.15) is 0 Å². The number of hydrogen-bond donors (Lipinski definition) is 0. The maximum Gasteiger partial charge on any atom is 0.0165 e. The van der Waals surface area contributed by atoms with E-state index >= 15 is 0 Å². The fraction of sp³-hybridized carbons (Fsp3) is 0.216. The lowest BCUT2D eigenvalue weighted by Crippen LogP contribution is -2.29. The standard InChI is InChI=1S/C51H44P2/c1-50(2)31-51(3,4)53-30-37-24-22-33-14-6-10-18-39(33)45(37)47-41-20-12-8-16-35(41)26-28-43(47)49(53)48-42-27-25-34-15-7-11-19-40(34)46(42)44-36(29-52(48)50)23-21-32-13-5-9-17-38(32)44/h5-28,48-49H,29-31H2,1-4H3/t48?,49?,52-,53+. The van der Waals surface area contributed by atoms with Crippen LogP contribution in [-0.4, -0.2) is 10.3 Å². The molecule has 0 radical (unpaired) electrons. The summed E-state index contributed by atoms with van der Waals surface area (Å²) in [5, 5.41) is 11.4. The van der Waals surface area contributed by atoms with E-state index < -0.39 is 15.8 Å². The summed E-state index contributed by atoms with van der Waals surface area (Å²) in [6.45, 7) is 10.6. The van der Waals surface area contributed by atoms with Crippen molar-refractivity contribution in [2.45, 2.75) is 68.1 Å². The molecule has 4 atom stereocenters. The lowest BCUT2D eigenvalue weighted by atomic mass is 9.83. The molecule has 2 heteroatoms. The monoisotopic (exact) mass is 718 g/mol. The van der Waals surface area contributed by atoms with Crippen LogP contribution in [0.2, 0.25) is 0 Å². The molecule has 258 valence electrons. The first-order chi connectivity index (χ1) is 25.8. The molecule has 1 fully saturated rings. The van der Waals surface area contributed by atoms with Crippen LogP contribution in [-0.2, 0) is 12.3 Å². The molecule has 1 saturated heterocycles. The molecule has 2 unspecified atom stereocenters. The summed E-state index contributed by atoms with van der Waals surface area (Å²) in [6.07, 6.45) is 3.57. The van der Waals surface area contributed by atoms with Gasteiger partial charge < -0.3 is 0 Å². The number of hydrogen-bond acceptors (Lipinski definition) is 0. The van der Waals surface area contributed by atoms with Crippen molar-refractivity contribution in [3.63, 3.8) is 0 Å². The summed E-state index contributed by atoms with van der Waals surface area (Å²) in [5.74, 6) is 0. The van der Waals surface area contributed by atoms with E-state index in [0.29, 0.717) is 11.3 Å². The van der Waals surface area contributed by atoms with Gasteiger partial charge in [0.25, 0.3) is 0 Å². The Balaban J connectivity index is 1.31. The van der Waals surface area contributed by atoms with Gasteiger partial charge in [-0.3, -0.25) is 0 Å². The zero-order chi connectivity index (χ0) is 35.6. The second-order valence-electron chi connectivity index (χ2n) is 17.1. The zero-order valence-electron chi connectivity index (χ0n) is 31.0. The molecule has 0 nitrogen and oxygen atoms in total. The lowest BCUT2D eigenvalue weighted by molar-refractivity contribution is 0.525. The summed E-state index contributed by atoms with van der Waals surface area (Å²) >= 11 is 0. The molecule has 0 amide bonds. The van der Waals surface area contributed by atoms with E-state index in [4.69, 9.17) is 0 Å². The highest BCUT2D eigenvalue weighted by molar-refractivity contribution is 7.64. The largest absolute Gasteiger partial charge is 0.0876 e. The number of fused-ring (bicyclic) bond motifs is 19. The van der Waals surface area contributed by atoms with Gasteiger partial charge in [0.2, 0.25) is 0 Å². The molecule has 0 aliphatic carbocycles. The third-order valence-electron chi connectivity index (χ3n) is 13.2. The Labute approximate surface area is 315 Å². The van der Waals surface area contributed by atoms with Gasteiger partial charge in [0.05, 0.1) is 0 Å². The van der Waals surface area contributed by atoms with Crippen molar-refractivity contribution in [1.82, 2.24) is 0 Å². The fourth-order valence-corrected chi connectivity index (χ4v) is 19.5. The van der Waals surface area contributed by atoms with E-state index in [0.717, 1.165) is 12.3 Å². The third kappa shape index (κ3) is 4.68. The quantitative estimate of drug-likeness (QED) is 0.137. The summed E-state index contributed by atoms with van der Waals surface area (Å²) in [4.78, 5) is 0.